The number of halogens is 1. The lowest BCUT2D eigenvalue weighted by atomic mass is 10.1. The number of rotatable bonds is 3. The molecule has 1 atom stereocenters. The molecule has 19 heavy (non-hydrogen) atoms. The lowest BCUT2D eigenvalue weighted by Gasteiger charge is -2.31. The summed E-state index contributed by atoms with van der Waals surface area (Å²) in [6.45, 7) is 1.09. The van der Waals surface area contributed by atoms with Crippen LogP contribution in [0.4, 0.5) is 5.69 Å². The van der Waals surface area contributed by atoms with Crippen molar-refractivity contribution < 1.29 is 5.11 Å². The van der Waals surface area contributed by atoms with Crippen LogP contribution in [0.5, 0.6) is 0 Å². The highest BCUT2D eigenvalue weighted by atomic mass is 35.5. The van der Waals surface area contributed by atoms with Gasteiger partial charge in [-0.15, -0.1) is 0 Å². The number of nitrogens with two attached hydrogens (primary N) is 1. The highest BCUT2D eigenvalue weighted by molar-refractivity contribution is 7.80. The molecule has 1 aromatic carbocycles. The predicted octanol–water partition coefficient (Wildman–Crippen LogP) is 2.72. The fourth-order valence-corrected chi connectivity index (χ4v) is 2.99. The lowest BCUT2D eigenvalue weighted by molar-refractivity contribution is 0.255. The van der Waals surface area contributed by atoms with E-state index in [-0.39, 0.29) is 12.6 Å². The van der Waals surface area contributed by atoms with Gasteiger partial charge in [0.15, 0.2) is 0 Å². The molecule has 5 heteroatoms. The topological polar surface area (TPSA) is 49.5 Å². The van der Waals surface area contributed by atoms with Gasteiger partial charge in [0.25, 0.3) is 0 Å². The van der Waals surface area contributed by atoms with Crippen molar-refractivity contribution in [3.8, 4) is 0 Å². The number of aliphatic hydroxyl groups excluding tert-OH is 1. The van der Waals surface area contributed by atoms with Crippen molar-refractivity contribution in [2.45, 2.75) is 31.7 Å². The normalized spacial score (nSPS) is 20.1. The zero-order valence-corrected chi connectivity index (χ0v) is 12.4. The summed E-state index contributed by atoms with van der Waals surface area (Å²) in [7, 11) is 0. The number of hydrogen-bond acceptors (Lipinski definition) is 3. The highest BCUT2D eigenvalue weighted by Gasteiger charge is 2.22. The third kappa shape index (κ3) is 3.38. The second-order valence-electron chi connectivity index (χ2n) is 4.91. The predicted molar refractivity (Wildman–Crippen MR) is 84.0 cm³/mol. The summed E-state index contributed by atoms with van der Waals surface area (Å²) >= 11 is 11.3. The number of aliphatic hydroxyl groups is 1. The Morgan fingerprint density at radius 2 is 2.21 bits per heavy atom. The van der Waals surface area contributed by atoms with Crippen molar-refractivity contribution in [3.05, 3.63) is 28.8 Å². The highest BCUT2D eigenvalue weighted by Crippen LogP contribution is 2.31. The minimum atomic E-state index is 0.149. The molecule has 1 unspecified atom stereocenters. The van der Waals surface area contributed by atoms with E-state index < -0.39 is 0 Å². The van der Waals surface area contributed by atoms with E-state index in [2.05, 4.69) is 4.90 Å². The van der Waals surface area contributed by atoms with Gasteiger partial charge in [-0.3, -0.25) is 0 Å². The van der Waals surface area contributed by atoms with Crippen molar-refractivity contribution in [1.29, 1.82) is 0 Å². The summed E-state index contributed by atoms with van der Waals surface area (Å²) in [5.74, 6) is 0. The monoisotopic (exact) mass is 298 g/mol. The van der Waals surface area contributed by atoms with Gasteiger partial charge in [0.1, 0.15) is 4.99 Å². The fourth-order valence-electron chi connectivity index (χ4n) is 2.58. The Labute approximate surface area is 124 Å². The van der Waals surface area contributed by atoms with Gasteiger partial charge in [-0.2, -0.15) is 0 Å². The van der Waals surface area contributed by atoms with Crippen molar-refractivity contribution in [3.63, 3.8) is 0 Å². The Hall–Kier alpha value is -0.840. The SMILES string of the molecule is NC(=S)c1ccc(N2CCCCCC2CO)c(Cl)c1. The van der Waals surface area contributed by atoms with Crippen LogP contribution in [0.3, 0.4) is 0 Å². The molecular formula is C14H19ClN2OS. The van der Waals surface area contributed by atoms with E-state index in [9.17, 15) is 5.11 Å². The van der Waals surface area contributed by atoms with Crippen molar-refractivity contribution in [2.75, 3.05) is 18.1 Å². The van der Waals surface area contributed by atoms with Crippen LogP contribution in [0.2, 0.25) is 5.02 Å². The summed E-state index contributed by atoms with van der Waals surface area (Å²) in [5.41, 5.74) is 7.35. The van der Waals surface area contributed by atoms with E-state index >= 15 is 0 Å². The standard InChI is InChI=1S/C14H19ClN2OS/c15-12-8-10(14(16)19)5-6-13(12)17-7-3-1-2-4-11(17)9-18/h5-6,8,11,18H,1-4,7,9H2,(H2,16,19). The number of hydrogen-bond donors (Lipinski definition) is 2. The van der Waals surface area contributed by atoms with Crippen LogP contribution in [-0.4, -0.2) is 29.3 Å². The molecule has 2 rings (SSSR count). The Balaban J connectivity index is 2.30. The zero-order chi connectivity index (χ0) is 13.8. The van der Waals surface area contributed by atoms with Crippen LogP contribution in [0.15, 0.2) is 18.2 Å². The first kappa shape index (κ1) is 14.6. The molecule has 1 saturated heterocycles. The largest absolute Gasteiger partial charge is 0.394 e. The van der Waals surface area contributed by atoms with E-state index in [1.165, 1.54) is 6.42 Å². The van der Waals surface area contributed by atoms with Crippen LogP contribution in [-0.2, 0) is 0 Å². The van der Waals surface area contributed by atoms with Crippen LogP contribution in [0, 0.1) is 0 Å². The van der Waals surface area contributed by atoms with E-state index in [1.807, 2.05) is 12.1 Å². The first-order valence-corrected chi connectivity index (χ1v) is 7.39. The van der Waals surface area contributed by atoms with Crippen molar-refractivity contribution in [2.24, 2.45) is 5.73 Å². The smallest absolute Gasteiger partial charge is 0.104 e. The van der Waals surface area contributed by atoms with Gasteiger partial charge in [-0.1, -0.05) is 36.7 Å². The Morgan fingerprint density at radius 1 is 1.42 bits per heavy atom. The van der Waals surface area contributed by atoms with Crippen LogP contribution in [0.1, 0.15) is 31.2 Å². The lowest BCUT2D eigenvalue weighted by Crippen LogP contribution is -2.37. The molecule has 1 heterocycles. The average Bonchev–Trinajstić information content (AvgIpc) is 2.63. The van der Waals surface area contributed by atoms with E-state index in [1.54, 1.807) is 6.07 Å². The van der Waals surface area contributed by atoms with Gasteiger partial charge in [0.2, 0.25) is 0 Å². The molecule has 0 saturated carbocycles. The minimum absolute atomic E-state index is 0.149. The number of anilines is 1. The van der Waals surface area contributed by atoms with Crippen molar-refractivity contribution in [1.82, 2.24) is 0 Å². The molecule has 104 valence electrons. The molecule has 0 aliphatic carbocycles. The summed E-state index contributed by atoms with van der Waals surface area (Å²) < 4.78 is 0. The van der Waals surface area contributed by atoms with E-state index in [0.717, 1.165) is 37.1 Å². The summed E-state index contributed by atoms with van der Waals surface area (Å²) in [6.07, 6.45) is 4.49. The van der Waals surface area contributed by atoms with Gasteiger partial charge in [-0.05, 0) is 31.0 Å². The summed E-state index contributed by atoms with van der Waals surface area (Å²) in [4.78, 5) is 2.56. The number of nitrogens with zero attached hydrogens (tertiary/aromatic N) is 1. The summed E-state index contributed by atoms with van der Waals surface area (Å²) in [5, 5.41) is 10.2. The van der Waals surface area contributed by atoms with Gasteiger partial charge in [0, 0.05) is 12.1 Å². The third-order valence-electron chi connectivity index (χ3n) is 3.63. The van der Waals surface area contributed by atoms with Crippen LogP contribution < -0.4 is 10.6 Å². The van der Waals surface area contributed by atoms with Crippen molar-refractivity contribution >= 4 is 34.5 Å². The molecule has 1 aliphatic rings. The van der Waals surface area contributed by atoms with Gasteiger partial charge >= 0.3 is 0 Å². The molecule has 1 fully saturated rings. The molecule has 0 amide bonds. The molecule has 0 bridgehead atoms. The zero-order valence-electron chi connectivity index (χ0n) is 10.8. The molecule has 0 aromatic heterocycles. The first-order chi connectivity index (χ1) is 9.13. The Morgan fingerprint density at radius 3 is 2.84 bits per heavy atom. The van der Waals surface area contributed by atoms with Gasteiger partial charge < -0.3 is 15.7 Å². The maximum atomic E-state index is 9.56. The third-order valence-corrected chi connectivity index (χ3v) is 4.17. The second-order valence-corrected chi connectivity index (χ2v) is 5.76. The molecule has 1 aromatic rings. The maximum Gasteiger partial charge on any atom is 0.104 e. The van der Waals surface area contributed by atoms with Gasteiger partial charge in [0.05, 0.1) is 23.4 Å². The Bertz CT molecular complexity index is 467. The molecule has 3 nitrogen and oxygen atoms in total. The Kier molecular flexibility index (Phi) is 5.02. The van der Waals surface area contributed by atoms with Crippen LogP contribution in [0.25, 0.3) is 0 Å². The maximum absolute atomic E-state index is 9.56. The molecule has 0 radical (unpaired) electrons. The first-order valence-electron chi connectivity index (χ1n) is 6.60. The summed E-state index contributed by atoms with van der Waals surface area (Å²) in [6, 6.07) is 5.79. The molecule has 1 aliphatic heterocycles. The number of thiocarbonyl (C=S) groups is 1. The fraction of sp³-hybridized carbons (Fsp3) is 0.500. The average molecular weight is 299 g/mol. The quantitative estimate of drug-likeness (QED) is 0.843. The van der Waals surface area contributed by atoms with Gasteiger partial charge in [-0.25, -0.2) is 0 Å². The van der Waals surface area contributed by atoms with E-state index in [0.29, 0.717) is 10.0 Å². The minimum Gasteiger partial charge on any atom is -0.394 e. The second kappa shape index (κ2) is 6.55. The molecule has 0 spiro atoms. The number of benzene rings is 1. The van der Waals surface area contributed by atoms with E-state index in [4.69, 9.17) is 29.6 Å². The van der Waals surface area contributed by atoms with Crippen LogP contribution >= 0.6 is 23.8 Å². The molecule has 3 N–H and O–H groups in total. The molecular weight excluding hydrogens is 280 g/mol.